The lowest BCUT2D eigenvalue weighted by molar-refractivity contribution is -0.137. The quantitative estimate of drug-likeness (QED) is 0.865. The zero-order chi connectivity index (χ0) is 15.5. The molecule has 1 aromatic heterocycles. The van der Waals surface area contributed by atoms with Gasteiger partial charge in [-0.2, -0.15) is 13.2 Å². The van der Waals surface area contributed by atoms with Gasteiger partial charge in [0.15, 0.2) is 0 Å². The summed E-state index contributed by atoms with van der Waals surface area (Å²) in [6.45, 7) is 2.43. The molecule has 0 radical (unpaired) electrons. The topological polar surface area (TPSA) is 24.9 Å². The number of hydrogen-bond donors (Lipinski definition) is 1. The van der Waals surface area contributed by atoms with Crippen LogP contribution in [0.5, 0.6) is 0 Å². The molecule has 0 aliphatic rings. The number of halogens is 4. The van der Waals surface area contributed by atoms with Gasteiger partial charge in [-0.1, -0.05) is 19.1 Å². The van der Waals surface area contributed by atoms with Crippen molar-refractivity contribution < 1.29 is 17.6 Å². The number of rotatable bonds is 4. The van der Waals surface area contributed by atoms with Crippen LogP contribution in [-0.4, -0.2) is 11.5 Å². The second-order valence-electron chi connectivity index (χ2n) is 4.52. The summed E-state index contributed by atoms with van der Waals surface area (Å²) in [5, 5.41) is 3.09. The number of nitrogens with one attached hydrogen (secondary N) is 1. The van der Waals surface area contributed by atoms with Gasteiger partial charge in [-0.3, -0.25) is 4.98 Å². The van der Waals surface area contributed by atoms with Gasteiger partial charge in [-0.05, 0) is 36.4 Å². The van der Waals surface area contributed by atoms with Crippen molar-refractivity contribution in [3.63, 3.8) is 0 Å². The fraction of sp³-hybridized carbons (Fsp3) is 0.267. The minimum Gasteiger partial charge on any atom is -0.305 e. The Morgan fingerprint density at radius 1 is 1.19 bits per heavy atom. The molecule has 1 unspecified atom stereocenters. The highest BCUT2D eigenvalue weighted by Crippen LogP contribution is 2.29. The Morgan fingerprint density at radius 3 is 2.48 bits per heavy atom. The van der Waals surface area contributed by atoms with Crippen LogP contribution in [-0.2, 0) is 6.18 Å². The highest BCUT2D eigenvalue weighted by Gasteiger charge is 2.31. The molecule has 1 aromatic carbocycles. The molecule has 2 nitrogen and oxygen atoms in total. The Hall–Kier alpha value is -1.95. The van der Waals surface area contributed by atoms with Crippen LogP contribution in [0.15, 0.2) is 42.6 Å². The van der Waals surface area contributed by atoms with Crippen LogP contribution in [0, 0.1) is 5.82 Å². The lowest BCUT2D eigenvalue weighted by Gasteiger charge is -2.18. The average Bonchev–Trinajstić information content (AvgIpc) is 2.44. The zero-order valence-corrected chi connectivity index (χ0v) is 11.3. The highest BCUT2D eigenvalue weighted by molar-refractivity contribution is 5.29. The van der Waals surface area contributed by atoms with Crippen molar-refractivity contribution >= 4 is 0 Å². The maximum Gasteiger partial charge on any atom is 0.417 e. The van der Waals surface area contributed by atoms with Gasteiger partial charge in [-0.15, -0.1) is 0 Å². The predicted molar refractivity (Wildman–Crippen MR) is 71.2 cm³/mol. The van der Waals surface area contributed by atoms with Gasteiger partial charge in [0.2, 0.25) is 0 Å². The number of benzene rings is 1. The third-order valence-electron chi connectivity index (χ3n) is 3.00. The van der Waals surface area contributed by atoms with Crippen molar-refractivity contribution in [3.05, 3.63) is 65.2 Å². The summed E-state index contributed by atoms with van der Waals surface area (Å²) < 4.78 is 50.9. The van der Waals surface area contributed by atoms with Crippen molar-refractivity contribution in [1.82, 2.24) is 10.3 Å². The van der Waals surface area contributed by atoms with E-state index in [0.717, 1.165) is 12.3 Å². The molecule has 0 saturated carbocycles. The molecule has 0 aliphatic heterocycles. The van der Waals surface area contributed by atoms with E-state index in [2.05, 4.69) is 10.3 Å². The number of nitrogens with zero attached hydrogens (tertiary/aromatic N) is 1. The molecule has 1 N–H and O–H groups in total. The highest BCUT2D eigenvalue weighted by atomic mass is 19.4. The van der Waals surface area contributed by atoms with E-state index in [9.17, 15) is 17.6 Å². The Morgan fingerprint density at radius 2 is 1.95 bits per heavy atom. The molecule has 0 saturated heterocycles. The molecular weight excluding hydrogens is 284 g/mol. The van der Waals surface area contributed by atoms with E-state index in [-0.39, 0.29) is 0 Å². The minimum absolute atomic E-state index is 0.401. The summed E-state index contributed by atoms with van der Waals surface area (Å²) >= 11 is 0. The molecule has 21 heavy (non-hydrogen) atoms. The second kappa shape index (κ2) is 6.22. The molecule has 2 aromatic rings. The molecule has 0 amide bonds. The van der Waals surface area contributed by atoms with Crippen molar-refractivity contribution in [3.8, 4) is 0 Å². The van der Waals surface area contributed by atoms with Crippen molar-refractivity contribution in [1.29, 1.82) is 0 Å². The standard InChI is InChI=1S/C15H14F4N2/c1-2-20-14(10-4-3-5-12(16)8-10)13-7-6-11(9-21-13)15(17,18)19/h3-9,14,20H,2H2,1H3. The normalized spacial score (nSPS) is 13.2. The predicted octanol–water partition coefficient (Wildman–Crippen LogP) is 3.94. The Labute approximate surface area is 119 Å². The summed E-state index contributed by atoms with van der Waals surface area (Å²) in [4.78, 5) is 3.87. The Balaban J connectivity index is 2.34. The molecule has 6 heteroatoms. The fourth-order valence-corrected chi connectivity index (χ4v) is 2.03. The summed E-state index contributed by atoms with van der Waals surface area (Å²) in [7, 11) is 0. The van der Waals surface area contributed by atoms with Crippen molar-refractivity contribution in [2.24, 2.45) is 0 Å². The van der Waals surface area contributed by atoms with Gasteiger partial charge in [0, 0.05) is 6.20 Å². The van der Waals surface area contributed by atoms with Crippen LogP contribution in [0.2, 0.25) is 0 Å². The maximum absolute atomic E-state index is 13.3. The SMILES string of the molecule is CCNC(c1cccc(F)c1)c1ccc(C(F)(F)F)cn1. The summed E-state index contributed by atoms with van der Waals surface area (Å²) in [5.41, 5.74) is 0.222. The minimum atomic E-state index is -4.42. The van der Waals surface area contributed by atoms with E-state index in [4.69, 9.17) is 0 Å². The monoisotopic (exact) mass is 298 g/mol. The molecule has 0 bridgehead atoms. The summed E-state index contributed by atoms with van der Waals surface area (Å²) in [6.07, 6.45) is -3.63. The molecule has 112 valence electrons. The Bertz CT molecular complexity index is 593. The molecule has 0 aliphatic carbocycles. The summed E-state index contributed by atoms with van der Waals surface area (Å²) in [5.74, 6) is -0.401. The van der Waals surface area contributed by atoms with E-state index in [0.29, 0.717) is 17.8 Å². The lowest BCUT2D eigenvalue weighted by Crippen LogP contribution is -2.23. The van der Waals surface area contributed by atoms with E-state index < -0.39 is 23.6 Å². The number of alkyl halides is 3. The van der Waals surface area contributed by atoms with Crippen LogP contribution < -0.4 is 5.32 Å². The third-order valence-corrected chi connectivity index (χ3v) is 3.00. The van der Waals surface area contributed by atoms with E-state index >= 15 is 0 Å². The molecule has 1 heterocycles. The van der Waals surface area contributed by atoms with Crippen LogP contribution in [0.3, 0.4) is 0 Å². The average molecular weight is 298 g/mol. The van der Waals surface area contributed by atoms with E-state index in [1.54, 1.807) is 12.1 Å². The van der Waals surface area contributed by atoms with E-state index in [1.165, 1.54) is 18.2 Å². The molecule has 0 spiro atoms. The largest absolute Gasteiger partial charge is 0.417 e. The summed E-state index contributed by atoms with van der Waals surface area (Å²) in [6, 6.07) is 7.74. The van der Waals surface area contributed by atoms with Gasteiger partial charge >= 0.3 is 6.18 Å². The van der Waals surface area contributed by atoms with Gasteiger partial charge in [0.25, 0.3) is 0 Å². The lowest BCUT2D eigenvalue weighted by atomic mass is 10.0. The number of aromatic nitrogens is 1. The number of pyridine rings is 1. The van der Waals surface area contributed by atoms with Gasteiger partial charge in [0.1, 0.15) is 5.82 Å². The van der Waals surface area contributed by atoms with Crippen LogP contribution in [0.4, 0.5) is 17.6 Å². The first-order chi connectivity index (χ1) is 9.91. The van der Waals surface area contributed by atoms with Gasteiger partial charge in [-0.25, -0.2) is 4.39 Å². The van der Waals surface area contributed by atoms with E-state index in [1.807, 2.05) is 6.92 Å². The molecule has 1 atom stereocenters. The first-order valence-electron chi connectivity index (χ1n) is 6.44. The van der Waals surface area contributed by atoms with Gasteiger partial charge < -0.3 is 5.32 Å². The van der Waals surface area contributed by atoms with Crippen LogP contribution in [0.1, 0.15) is 29.8 Å². The van der Waals surface area contributed by atoms with Gasteiger partial charge in [0.05, 0.1) is 17.3 Å². The molecule has 2 rings (SSSR count). The maximum atomic E-state index is 13.3. The van der Waals surface area contributed by atoms with Crippen LogP contribution in [0.25, 0.3) is 0 Å². The second-order valence-corrected chi connectivity index (χ2v) is 4.52. The molecular formula is C15H14F4N2. The first kappa shape index (κ1) is 15.4. The fourth-order valence-electron chi connectivity index (χ4n) is 2.03. The first-order valence-corrected chi connectivity index (χ1v) is 6.44. The van der Waals surface area contributed by atoms with Crippen molar-refractivity contribution in [2.75, 3.05) is 6.54 Å². The van der Waals surface area contributed by atoms with Crippen molar-refractivity contribution in [2.45, 2.75) is 19.1 Å². The molecule has 0 fully saturated rings. The smallest absolute Gasteiger partial charge is 0.305 e. The number of hydrogen-bond acceptors (Lipinski definition) is 2. The third kappa shape index (κ3) is 3.78. The van der Waals surface area contributed by atoms with Crippen LogP contribution >= 0.6 is 0 Å². The Kier molecular flexibility index (Phi) is 4.57. The zero-order valence-electron chi connectivity index (χ0n) is 11.3.